The topological polar surface area (TPSA) is 87.7 Å². The number of nitriles is 1. The zero-order valence-corrected chi connectivity index (χ0v) is 12.5. The number of rotatable bonds is 2. The van der Waals surface area contributed by atoms with Crippen molar-refractivity contribution in [1.82, 2.24) is 10.2 Å². The molecule has 3 rings (SSSR count). The quantitative estimate of drug-likeness (QED) is 0.891. The summed E-state index contributed by atoms with van der Waals surface area (Å²) in [5.74, 6) is -2.57. The number of allylic oxidation sites excluding steroid dienone is 1. The van der Waals surface area contributed by atoms with E-state index >= 15 is 0 Å². The zero-order chi connectivity index (χ0) is 16.7. The van der Waals surface area contributed by atoms with E-state index in [1.807, 2.05) is 19.9 Å². The van der Waals surface area contributed by atoms with Gasteiger partial charge in [0.2, 0.25) is 11.8 Å². The minimum atomic E-state index is -0.999. The van der Waals surface area contributed by atoms with E-state index in [0.717, 1.165) is 12.1 Å². The highest BCUT2D eigenvalue weighted by molar-refractivity contribution is 5.56. The molecule has 1 atom stereocenters. The fraction of sp³-hybridized carbons (Fsp3) is 0.250. The highest BCUT2D eigenvalue weighted by atomic mass is 19.1. The SMILES string of the molecule is CC(C)c1[nH]nc2c1C(c1c(F)cccc1F)C(C#N)=C(N)O2. The van der Waals surface area contributed by atoms with E-state index in [2.05, 4.69) is 10.2 Å². The van der Waals surface area contributed by atoms with Crippen molar-refractivity contribution in [3.05, 3.63) is 58.1 Å². The summed E-state index contributed by atoms with van der Waals surface area (Å²) in [6, 6.07) is 5.47. The second-order valence-corrected chi connectivity index (χ2v) is 5.57. The highest BCUT2D eigenvalue weighted by Crippen LogP contribution is 2.45. The van der Waals surface area contributed by atoms with E-state index in [0.29, 0.717) is 11.3 Å². The molecule has 23 heavy (non-hydrogen) atoms. The molecular formula is C16H14F2N4O. The second-order valence-electron chi connectivity index (χ2n) is 5.57. The van der Waals surface area contributed by atoms with Crippen molar-refractivity contribution in [3.63, 3.8) is 0 Å². The molecule has 1 aromatic heterocycles. The van der Waals surface area contributed by atoms with Crippen LogP contribution in [0.3, 0.4) is 0 Å². The molecule has 5 nitrogen and oxygen atoms in total. The third-order valence-electron chi connectivity index (χ3n) is 3.83. The fourth-order valence-corrected chi connectivity index (χ4v) is 2.78. The van der Waals surface area contributed by atoms with E-state index in [9.17, 15) is 14.0 Å². The van der Waals surface area contributed by atoms with Gasteiger partial charge in [0.1, 0.15) is 23.3 Å². The van der Waals surface area contributed by atoms with E-state index in [1.165, 1.54) is 6.07 Å². The van der Waals surface area contributed by atoms with Gasteiger partial charge in [-0.2, -0.15) is 5.26 Å². The van der Waals surface area contributed by atoms with E-state index in [4.69, 9.17) is 10.5 Å². The maximum atomic E-state index is 14.3. The number of fused-ring (bicyclic) bond motifs is 1. The van der Waals surface area contributed by atoms with Crippen LogP contribution in [-0.4, -0.2) is 10.2 Å². The van der Waals surface area contributed by atoms with E-state index < -0.39 is 17.6 Å². The lowest BCUT2D eigenvalue weighted by atomic mass is 9.82. The van der Waals surface area contributed by atoms with Crippen LogP contribution >= 0.6 is 0 Å². The summed E-state index contributed by atoms with van der Waals surface area (Å²) in [6.07, 6.45) is 0. The molecule has 0 saturated carbocycles. The Morgan fingerprint density at radius 2 is 1.96 bits per heavy atom. The van der Waals surface area contributed by atoms with Crippen molar-refractivity contribution in [2.75, 3.05) is 0 Å². The molecule has 1 aliphatic heterocycles. The Labute approximate surface area is 131 Å². The van der Waals surface area contributed by atoms with Gasteiger partial charge >= 0.3 is 0 Å². The van der Waals surface area contributed by atoms with E-state index in [1.54, 1.807) is 0 Å². The molecule has 1 aliphatic rings. The van der Waals surface area contributed by atoms with Crippen molar-refractivity contribution in [3.8, 4) is 11.9 Å². The standard InChI is InChI=1S/C16H14F2N4O/c1-7(2)14-13-11(12-9(17)4-3-5-10(12)18)8(6-19)15(20)23-16(13)22-21-14/h3-5,7,11H,20H2,1-2H3,(H,21,22). The Hall–Kier alpha value is -2.88. The summed E-state index contributed by atoms with van der Waals surface area (Å²) in [6.45, 7) is 3.80. The normalized spacial score (nSPS) is 17.0. The number of nitrogens with one attached hydrogen (secondary N) is 1. The Morgan fingerprint density at radius 3 is 2.52 bits per heavy atom. The van der Waals surface area contributed by atoms with Crippen molar-refractivity contribution >= 4 is 0 Å². The maximum absolute atomic E-state index is 14.3. The Balaban J connectivity index is 2.34. The van der Waals surface area contributed by atoms with Crippen LogP contribution in [0.1, 0.15) is 42.5 Å². The molecule has 0 radical (unpaired) electrons. The van der Waals surface area contributed by atoms with Gasteiger partial charge in [-0.05, 0) is 18.1 Å². The molecule has 1 unspecified atom stereocenters. The van der Waals surface area contributed by atoms with Crippen LogP contribution in [0.4, 0.5) is 8.78 Å². The molecular weight excluding hydrogens is 302 g/mol. The largest absolute Gasteiger partial charge is 0.420 e. The molecule has 0 aliphatic carbocycles. The number of aromatic amines is 1. The van der Waals surface area contributed by atoms with Crippen molar-refractivity contribution < 1.29 is 13.5 Å². The summed E-state index contributed by atoms with van der Waals surface area (Å²) in [5.41, 5.74) is 6.57. The number of aromatic nitrogens is 2. The van der Waals surface area contributed by atoms with Crippen LogP contribution in [0.2, 0.25) is 0 Å². The second kappa shape index (κ2) is 5.39. The van der Waals surface area contributed by atoms with Gasteiger partial charge in [0.25, 0.3) is 0 Å². The minimum absolute atomic E-state index is 0.00791. The maximum Gasteiger partial charge on any atom is 0.244 e. The lowest BCUT2D eigenvalue weighted by Crippen LogP contribution is -2.22. The van der Waals surface area contributed by atoms with Crippen LogP contribution in [0.15, 0.2) is 29.7 Å². The predicted molar refractivity (Wildman–Crippen MR) is 78.3 cm³/mol. The summed E-state index contributed by atoms with van der Waals surface area (Å²) in [5, 5.41) is 16.2. The van der Waals surface area contributed by atoms with Crippen molar-refractivity contribution in [2.24, 2.45) is 5.73 Å². The Kier molecular flexibility index (Phi) is 3.52. The number of benzene rings is 1. The first-order valence-corrected chi connectivity index (χ1v) is 7.05. The molecule has 0 fully saturated rings. The third kappa shape index (κ3) is 2.23. The molecule has 0 spiro atoms. The number of hydrogen-bond acceptors (Lipinski definition) is 4. The molecule has 1 aromatic carbocycles. The van der Waals surface area contributed by atoms with Gasteiger partial charge in [-0.15, -0.1) is 5.10 Å². The molecule has 3 N–H and O–H groups in total. The minimum Gasteiger partial charge on any atom is -0.420 e. The van der Waals surface area contributed by atoms with Gasteiger partial charge in [0, 0.05) is 11.3 Å². The average Bonchev–Trinajstić information content (AvgIpc) is 2.90. The monoisotopic (exact) mass is 316 g/mol. The van der Waals surface area contributed by atoms with Crippen LogP contribution in [0, 0.1) is 23.0 Å². The predicted octanol–water partition coefficient (Wildman–Crippen LogP) is 3.03. The van der Waals surface area contributed by atoms with Crippen molar-refractivity contribution in [1.29, 1.82) is 5.26 Å². The van der Waals surface area contributed by atoms with Crippen LogP contribution < -0.4 is 10.5 Å². The summed E-state index contributed by atoms with van der Waals surface area (Å²) in [7, 11) is 0. The van der Waals surface area contributed by atoms with E-state index in [-0.39, 0.29) is 28.8 Å². The Morgan fingerprint density at radius 1 is 1.30 bits per heavy atom. The van der Waals surface area contributed by atoms with Crippen molar-refractivity contribution in [2.45, 2.75) is 25.7 Å². The molecule has 7 heteroatoms. The smallest absolute Gasteiger partial charge is 0.244 e. The summed E-state index contributed by atoms with van der Waals surface area (Å²) < 4.78 is 34.0. The zero-order valence-electron chi connectivity index (χ0n) is 12.5. The van der Waals surface area contributed by atoms with Gasteiger partial charge in [0.05, 0.1) is 11.5 Å². The first kappa shape index (κ1) is 15.0. The van der Waals surface area contributed by atoms with Crippen LogP contribution in [0.5, 0.6) is 5.88 Å². The molecule has 2 aromatic rings. The number of H-pyrrole nitrogens is 1. The molecule has 0 bridgehead atoms. The molecule has 2 heterocycles. The van der Waals surface area contributed by atoms with Gasteiger partial charge in [0.15, 0.2) is 0 Å². The fourth-order valence-electron chi connectivity index (χ4n) is 2.78. The van der Waals surface area contributed by atoms with Crippen LogP contribution in [0.25, 0.3) is 0 Å². The number of nitrogens with two attached hydrogens (primary N) is 1. The van der Waals surface area contributed by atoms with Gasteiger partial charge in [-0.1, -0.05) is 19.9 Å². The van der Waals surface area contributed by atoms with Gasteiger partial charge in [-0.25, -0.2) is 8.78 Å². The number of hydrogen-bond donors (Lipinski definition) is 2. The number of nitrogens with zero attached hydrogens (tertiary/aromatic N) is 2. The Bertz CT molecular complexity index is 828. The van der Waals surface area contributed by atoms with Crippen LogP contribution in [-0.2, 0) is 0 Å². The number of halogens is 2. The lowest BCUT2D eigenvalue weighted by molar-refractivity contribution is 0.376. The lowest BCUT2D eigenvalue weighted by Gasteiger charge is -2.25. The third-order valence-corrected chi connectivity index (χ3v) is 3.83. The average molecular weight is 316 g/mol. The molecule has 0 amide bonds. The summed E-state index contributed by atoms with van der Waals surface area (Å²) >= 11 is 0. The van der Waals surface area contributed by atoms with Gasteiger partial charge < -0.3 is 10.5 Å². The van der Waals surface area contributed by atoms with Gasteiger partial charge in [-0.3, -0.25) is 5.10 Å². The molecule has 0 saturated heterocycles. The highest BCUT2D eigenvalue weighted by Gasteiger charge is 2.38. The summed E-state index contributed by atoms with van der Waals surface area (Å²) in [4.78, 5) is 0. The molecule has 118 valence electrons. The number of ether oxygens (including phenoxy) is 1. The first-order valence-electron chi connectivity index (χ1n) is 7.05. The first-order chi connectivity index (χ1) is 11.0.